The van der Waals surface area contributed by atoms with Gasteiger partial charge in [-0.3, -0.25) is 4.68 Å². The van der Waals surface area contributed by atoms with Crippen molar-refractivity contribution in [2.75, 3.05) is 13.1 Å². The summed E-state index contributed by atoms with van der Waals surface area (Å²) in [5, 5.41) is 7.99. The molecule has 0 spiro atoms. The van der Waals surface area contributed by atoms with Crippen molar-refractivity contribution in [1.29, 1.82) is 0 Å². The second-order valence-corrected chi connectivity index (χ2v) is 5.29. The average Bonchev–Trinajstić information content (AvgIpc) is 3.08. The van der Waals surface area contributed by atoms with Gasteiger partial charge in [-0.1, -0.05) is 31.2 Å². The van der Waals surface area contributed by atoms with Crippen LogP contribution in [0.5, 0.6) is 0 Å². The highest BCUT2D eigenvalue weighted by Crippen LogP contribution is 2.27. The fourth-order valence-electron chi connectivity index (χ4n) is 2.84. The fourth-order valence-corrected chi connectivity index (χ4v) is 2.84. The highest BCUT2D eigenvalue weighted by atomic mass is 15.3. The molecule has 1 N–H and O–H groups in total. The molecule has 2 heterocycles. The summed E-state index contributed by atoms with van der Waals surface area (Å²) in [4.78, 5) is 0. The van der Waals surface area contributed by atoms with Crippen molar-refractivity contribution < 1.29 is 0 Å². The van der Waals surface area contributed by atoms with Crippen LogP contribution in [0.4, 0.5) is 0 Å². The van der Waals surface area contributed by atoms with E-state index in [-0.39, 0.29) is 0 Å². The number of rotatable bonds is 3. The third-order valence-corrected chi connectivity index (χ3v) is 4.10. The first-order valence-electron chi connectivity index (χ1n) is 7.13. The summed E-state index contributed by atoms with van der Waals surface area (Å²) in [7, 11) is 0. The van der Waals surface area contributed by atoms with E-state index < -0.39 is 0 Å². The zero-order valence-corrected chi connectivity index (χ0v) is 11.7. The Bertz CT molecular complexity index is 548. The number of benzene rings is 1. The summed E-state index contributed by atoms with van der Waals surface area (Å²) in [5.41, 5.74) is 5.19. The molecule has 1 aliphatic heterocycles. The zero-order chi connectivity index (χ0) is 13.2. The van der Waals surface area contributed by atoms with E-state index in [1.54, 1.807) is 0 Å². The van der Waals surface area contributed by atoms with Gasteiger partial charge < -0.3 is 5.32 Å². The Morgan fingerprint density at radius 3 is 2.74 bits per heavy atom. The van der Waals surface area contributed by atoms with Gasteiger partial charge in [0.25, 0.3) is 0 Å². The predicted octanol–water partition coefficient (Wildman–Crippen LogP) is 2.96. The van der Waals surface area contributed by atoms with Crippen molar-refractivity contribution in [3.05, 3.63) is 41.7 Å². The van der Waals surface area contributed by atoms with Crippen LogP contribution in [0.15, 0.2) is 30.5 Å². The van der Waals surface area contributed by atoms with E-state index in [4.69, 9.17) is 0 Å². The molecule has 1 fully saturated rings. The van der Waals surface area contributed by atoms with Gasteiger partial charge in [-0.05, 0) is 37.4 Å². The van der Waals surface area contributed by atoms with E-state index in [0.29, 0.717) is 6.04 Å². The first-order chi connectivity index (χ1) is 9.29. The summed E-state index contributed by atoms with van der Waals surface area (Å²) < 4.78 is 2.18. The molecule has 0 amide bonds. The van der Waals surface area contributed by atoms with E-state index in [2.05, 4.69) is 53.2 Å². The van der Waals surface area contributed by atoms with Crippen molar-refractivity contribution >= 4 is 0 Å². The SMILES string of the molecule is CCc1ccc(-c2cnn(C3CCNC3)c2C)cc1. The third-order valence-electron chi connectivity index (χ3n) is 4.10. The van der Waals surface area contributed by atoms with E-state index in [1.807, 2.05) is 6.20 Å². The molecule has 0 aliphatic carbocycles. The molecule has 3 nitrogen and oxygen atoms in total. The van der Waals surface area contributed by atoms with Gasteiger partial charge in [-0.25, -0.2) is 0 Å². The second-order valence-electron chi connectivity index (χ2n) is 5.29. The van der Waals surface area contributed by atoms with Gasteiger partial charge >= 0.3 is 0 Å². The smallest absolute Gasteiger partial charge is 0.0658 e. The maximum atomic E-state index is 4.59. The van der Waals surface area contributed by atoms with Crippen molar-refractivity contribution in [2.45, 2.75) is 32.7 Å². The monoisotopic (exact) mass is 255 g/mol. The summed E-state index contributed by atoms with van der Waals surface area (Å²) >= 11 is 0. The molecule has 1 saturated heterocycles. The lowest BCUT2D eigenvalue weighted by atomic mass is 10.0. The van der Waals surface area contributed by atoms with Gasteiger partial charge in [0, 0.05) is 17.8 Å². The number of nitrogens with one attached hydrogen (secondary N) is 1. The second kappa shape index (κ2) is 5.17. The van der Waals surface area contributed by atoms with E-state index in [0.717, 1.165) is 19.5 Å². The Kier molecular flexibility index (Phi) is 3.38. The lowest BCUT2D eigenvalue weighted by molar-refractivity contribution is 0.480. The first-order valence-corrected chi connectivity index (χ1v) is 7.13. The van der Waals surface area contributed by atoms with Crippen LogP contribution in [0.1, 0.15) is 30.6 Å². The molecule has 1 aliphatic rings. The van der Waals surface area contributed by atoms with Crippen molar-refractivity contribution in [2.24, 2.45) is 0 Å². The molecule has 2 aromatic rings. The van der Waals surface area contributed by atoms with Crippen LogP contribution in [-0.2, 0) is 6.42 Å². The van der Waals surface area contributed by atoms with Crippen LogP contribution in [0.2, 0.25) is 0 Å². The van der Waals surface area contributed by atoms with Crippen molar-refractivity contribution in [3.8, 4) is 11.1 Å². The summed E-state index contributed by atoms with van der Waals surface area (Å²) in [6.07, 6.45) is 4.28. The minimum atomic E-state index is 0.517. The van der Waals surface area contributed by atoms with Gasteiger partial charge in [-0.15, -0.1) is 0 Å². The molecule has 1 atom stereocenters. The van der Waals surface area contributed by atoms with Crippen LogP contribution < -0.4 is 5.32 Å². The molecule has 19 heavy (non-hydrogen) atoms. The number of hydrogen-bond donors (Lipinski definition) is 1. The number of hydrogen-bond acceptors (Lipinski definition) is 2. The molecule has 1 aromatic carbocycles. The predicted molar refractivity (Wildman–Crippen MR) is 78.3 cm³/mol. The Morgan fingerprint density at radius 2 is 2.11 bits per heavy atom. The van der Waals surface area contributed by atoms with Crippen LogP contribution in [-0.4, -0.2) is 22.9 Å². The quantitative estimate of drug-likeness (QED) is 0.914. The van der Waals surface area contributed by atoms with E-state index in [9.17, 15) is 0 Å². The molecule has 1 unspecified atom stereocenters. The number of nitrogens with zero attached hydrogens (tertiary/aromatic N) is 2. The normalized spacial score (nSPS) is 18.9. The Morgan fingerprint density at radius 1 is 1.32 bits per heavy atom. The van der Waals surface area contributed by atoms with Gasteiger partial charge in [0.1, 0.15) is 0 Å². The van der Waals surface area contributed by atoms with Gasteiger partial charge in [0.15, 0.2) is 0 Å². The van der Waals surface area contributed by atoms with Crippen LogP contribution in [0.25, 0.3) is 11.1 Å². The maximum absolute atomic E-state index is 4.59. The van der Waals surface area contributed by atoms with Crippen molar-refractivity contribution in [3.63, 3.8) is 0 Å². The minimum Gasteiger partial charge on any atom is -0.315 e. The van der Waals surface area contributed by atoms with Gasteiger partial charge in [-0.2, -0.15) is 5.10 Å². The fraction of sp³-hybridized carbons (Fsp3) is 0.438. The van der Waals surface area contributed by atoms with Crippen molar-refractivity contribution in [1.82, 2.24) is 15.1 Å². The Balaban J connectivity index is 1.92. The Labute approximate surface area is 114 Å². The molecule has 3 rings (SSSR count). The summed E-state index contributed by atoms with van der Waals surface area (Å²) in [6.45, 7) is 6.50. The van der Waals surface area contributed by atoms with Crippen LogP contribution in [0, 0.1) is 6.92 Å². The highest BCUT2D eigenvalue weighted by Gasteiger charge is 2.20. The lowest BCUT2D eigenvalue weighted by Gasteiger charge is -2.12. The van der Waals surface area contributed by atoms with E-state index in [1.165, 1.54) is 28.8 Å². The zero-order valence-electron chi connectivity index (χ0n) is 11.7. The largest absolute Gasteiger partial charge is 0.315 e. The molecular weight excluding hydrogens is 234 g/mol. The first kappa shape index (κ1) is 12.4. The van der Waals surface area contributed by atoms with Gasteiger partial charge in [0.2, 0.25) is 0 Å². The van der Waals surface area contributed by atoms with Crippen LogP contribution >= 0.6 is 0 Å². The molecule has 100 valence electrons. The standard InChI is InChI=1S/C16H21N3/c1-3-13-4-6-14(7-5-13)16-11-18-19(12(16)2)15-8-9-17-10-15/h4-7,11,15,17H,3,8-10H2,1-2H3. The average molecular weight is 255 g/mol. The molecule has 3 heteroatoms. The van der Waals surface area contributed by atoms with Gasteiger partial charge in [0.05, 0.1) is 12.2 Å². The lowest BCUT2D eigenvalue weighted by Crippen LogP contribution is -2.15. The van der Waals surface area contributed by atoms with E-state index >= 15 is 0 Å². The minimum absolute atomic E-state index is 0.517. The topological polar surface area (TPSA) is 29.9 Å². The number of aromatic nitrogens is 2. The third kappa shape index (κ3) is 2.30. The summed E-state index contributed by atoms with van der Waals surface area (Å²) in [5.74, 6) is 0. The molecule has 1 aromatic heterocycles. The highest BCUT2D eigenvalue weighted by molar-refractivity contribution is 5.65. The number of aryl methyl sites for hydroxylation is 1. The van der Waals surface area contributed by atoms with Crippen LogP contribution in [0.3, 0.4) is 0 Å². The molecular formula is C16H21N3. The Hall–Kier alpha value is -1.61. The summed E-state index contributed by atoms with van der Waals surface area (Å²) in [6, 6.07) is 9.36. The molecule has 0 bridgehead atoms. The molecule has 0 saturated carbocycles. The molecule has 0 radical (unpaired) electrons. The maximum Gasteiger partial charge on any atom is 0.0658 e.